The monoisotopic (exact) mass is 159 g/mol. The van der Waals surface area contributed by atoms with Crippen LogP contribution in [-0.4, -0.2) is 23.8 Å². The minimum absolute atomic E-state index is 0.0788. The molecule has 0 radical (unpaired) electrons. The maximum absolute atomic E-state index is 9.26. The average molecular weight is 159 g/mol. The highest BCUT2D eigenvalue weighted by molar-refractivity contribution is 4.81. The molecule has 0 spiro atoms. The molecule has 2 N–H and O–H groups in total. The maximum Gasteiger partial charge on any atom is 0.0693 e. The first-order chi connectivity index (χ1) is 5.34. The highest BCUT2D eigenvalue weighted by atomic mass is 16.3. The van der Waals surface area contributed by atoms with Gasteiger partial charge >= 0.3 is 0 Å². The van der Waals surface area contributed by atoms with E-state index in [0.717, 1.165) is 19.4 Å². The van der Waals surface area contributed by atoms with Crippen molar-refractivity contribution in [3.8, 4) is 0 Å². The number of aliphatic hydroxyl groups excluding tert-OH is 1. The van der Waals surface area contributed by atoms with E-state index < -0.39 is 0 Å². The van der Waals surface area contributed by atoms with Gasteiger partial charge in [-0.25, -0.2) is 0 Å². The second-order valence-corrected chi connectivity index (χ2v) is 2.66. The first kappa shape index (κ1) is 10.9. The molecule has 1 aliphatic rings. The lowest BCUT2D eigenvalue weighted by Gasteiger charge is -2.13. The van der Waals surface area contributed by atoms with E-state index in [2.05, 4.69) is 12.2 Å². The van der Waals surface area contributed by atoms with Gasteiger partial charge in [0.25, 0.3) is 0 Å². The number of aliphatic hydroxyl groups is 1. The lowest BCUT2D eigenvalue weighted by molar-refractivity contribution is 0.150. The predicted octanol–water partition coefficient (Wildman–Crippen LogP) is 1.54. The first-order valence-corrected chi connectivity index (χ1v) is 4.76. The fourth-order valence-electron chi connectivity index (χ4n) is 1.44. The Balaban J connectivity index is 0.000000461. The lowest BCUT2D eigenvalue weighted by atomic mass is 10.2. The van der Waals surface area contributed by atoms with Gasteiger partial charge in [-0.1, -0.05) is 20.8 Å². The third-order valence-corrected chi connectivity index (χ3v) is 1.95. The van der Waals surface area contributed by atoms with E-state index in [1.807, 2.05) is 13.8 Å². The molecule has 0 bridgehead atoms. The van der Waals surface area contributed by atoms with E-state index in [4.69, 9.17) is 0 Å². The molecule has 0 saturated heterocycles. The standard InChI is InChI=1S/C7H15NO.C2H6/c1-2-8-6-4-3-5-7(6)9;1-2/h6-9H,2-5H2,1H3;1-2H3. The molecule has 1 saturated carbocycles. The minimum Gasteiger partial charge on any atom is -0.392 e. The van der Waals surface area contributed by atoms with Gasteiger partial charge in [-0.2, -0.15) is 0 Å². The molecule has 0 aliphatic heterocycles. The zero-order valence-corrected chi connectivity index (χ0v) is 7.93. The van der Waals surface area contributed by atoms with Crippen molar-refractivity contribution in [1.29, 1.82) is 0 Å². The van der Waals surface area contributed by atoms with Gasteiger partial charge in [0.1, 0.15) is 0 Å². The Bertz CT molecular complexity index is 85.6. The smallest absolute Gasteiger partial charge is 0.0693 e. The Morgan fingerprint density at radius 2 is 2.00 bits per heavy atom. The van der Waals surface area contributed by atoms with Crippen molar-refractivity contribution in [2.75, 3.05) is 6.54 Å². The summed E-state index contributed by atoms with van der Waals surface area (Å²) in [5.41, 5.74) is 0. The van der Waals surface area contributed by atoms with Gasteiger partial charge in [-0.05, 0) is 25.8 Å². The number of nitrogens with one attached hydrogen (secondary N) is 1. The van der Waals surface area contributed by atoms with E-state index in [1.54, 1.807) is 0 Å². The normalized spacial score (nSPS) is 29.5. The van der Waals surface area contributed by atoms with Crippen LogP contribution >= 0.6 is 0 Å². The van der Waals surface area contributed by atoms with Crippen LogP contribution in [0.3, 0.4) is 0 Å². The first-order valence-electron chi connectivity index (χ1n) is 4.76. The quantitative estimate of drug-likeness (QED) is 0.640. The molecule has 1 fully saturated rings. The van der Waals surface area contributed by atoms with Crippen LogP contribution in [0.2, 0.25) is 0 Å². The number of likely N-dealkylation sites (N-methyl/N-ethyl adjacent to an activating group) is 1. The summed E-state index contributed by atoms with van der Waals surface area (Å²) in [6, 6.07) is 0.384. The molecular formula is C9H21NO. The largest absolute Gasteiger partial charge is 0.392 e. The summed E-state index contributed by atoms with van der Waals surface area (Å²) in [6.07, 6.45) is 3.23. The van der Waals surface area contributed by atoms with Crippen LogP contribution < -0.4 is 5.32 Å². The molecule has 0 aromatic rings. The average Bonchev–Trinajstić information content (AvgIpc) is 2.42. The molecular weight excluding hydrogens is 138 g/mol. The summed E-state index contributed by atoms with van der Waals surface area (Å²) in [7, 11) is 0. The third kappa shape index (κ3) is 3.73. The summed E-state index contributed by atoms with van der Waals surface area (Å²) >= 11 is 0. The highest BCUT2D eigenvalue weighted by Crippen LogP contribution is 2.18. The van der Waals surface area contributed by atoms with Crippen molar-refractivity contribution < 1.29 is 5.11 Å². The Kier molecular flexibility index (Phi) is 6.57. The van der Waals surface area contributed by atoms with Crippen LogP contribution in [0.25, 0.3) is 0 Å². The van der Waals surface area contributed by atoms with Crippen LogP contribution in [-0.2, 0) is 0 Å². The molecule has 0 heterocycles. The fourth-order valence-corrected chi connectivity index (χ4v) is 1.44. The summed E-state index contributed by atoms with van der Waals surface area (Å²) in [5.74, 6) is 0. The molecule has 68 valence electrons. The van der Waals surface area contributed by atoms with Gasteiger partial charge in [0.15, 0.2) is 0 Å². The number of hydrogen-bond donors (Lipinski definition) is 2. The van der Waals surface area contributed by atoms with Crippen LogP contribution in [0.1, 0.15) is 40.0 Å². The second-order valence-electron chi connectivity index (χ2n) is 2.66. The molecule has 1 rings (SSSR count). The van der Waals surface area contributed by atoms with Gasteiger partial charge in [-0.15, -0.1) is 0 Å². The number of rotatable bonds is 2. The fraction of sp³-hybridized carbons (Fsp3) is 1.00. The Morgan fingerprint density at radius 3 is 2.36 bits per heavy atom. The van der Waals surface area contributed by atoms with E-state index >= 15 is 0 Å². The molecule has 0 amide bonds. The SMILES string of the molecule is CC.CCNC1CCCC1O. The van der Waals surface area contributed by atoms with Crippen molar-refractivity contribution in [3.63, 3.8) is 0 Å². The summed E-state index contributed by atoms with van der Waals surface area (Å²) < 4.78 is 0. The Hall–Kier alpha value is -0.0800. The summed E-state index contributed by atoms with van der Waals surface area (Å²) in [4.78, 5) is 0. The van der Waals surface area contributed by atoms with Gasteiger partial charge in [-0.3, -0.25) is 0 Å². The number of hydrogen-bond acceptors (Lipinski definition) is 2. The molecule has 0 aromatic heterocycles. The van der Waals surface area contributed by atoms with Crippen molar-refractivity contribution >= 4 is 0 Å². The van der Waals surface area contributed by atoms with E-state index in [9.17, 15) is 5.11 Å². The van der Waals surface area contributed by atoms with E-state index in [-0.39, 0.29) is 6.10 Å². The van der Waals surface area contributed by atoms with Crippen LogP contribution in [0, 0.1) is 0 Å². The molecule has 1 aliphatic carbocycles. The zero-order valence-electron chi connectivity index (χ0n) is 7.93. The molecule has 0 aromatic carbocycles. The molecule has 2 nitrogen and oxygen atoms in total. The van der Waals surface area contributed by atoms with Crippen LogP contribution in [0.15, 0.2) is 0 Å². The van der Waals surface area contributed by atoms with Crippen LogP contribution in [0.4, 0.5) is 0 Å². The molecule has 2 unspecified atom stereocenters. The van der Waals surface area contributed by atoms with Crippen molar-refractivity contribution in [1.82, 2.24) is 5.32 Å². The highest BCUT2D eigenvalue weighted by Gasteiger charge is 2.23. The summed E-state index contributed by atoms with van der Waals surface area (Å²) in [5, 5.41) is 12.5. The topological polar surface area (TPSA) is 32.3 Å². The van der Waals surface area contributed by atoms with Crippen molar-refractivity contribution in [3.05, 3.63) is 0 Å². The maximum atomic E-state index is 9.26. The molecule has 11 heavy (non-hydrogen) atoms. The van der Waals surface area contributed by atoms with Crippen molar-refractivity contribution in [2.45, 2.75) is 52.2 Å². The van der Waals surface area contributed by atoms with Gasteiger partial charge < -0.3 is 10.4 Å². The van der Waals surface area contributed by atoms with Crippen LogP contribution in [0.5, 0.6) is 0 Å². The van der Waals surface area contributed by atoms with Gasteiger partial charge in [0, 0.05) is 6.04 Å². The van der Waals surface area contributed by atoms with Crippen molar-refractivity contribution in [2.24, 2.45) is 0 Å². The molecule has 2 atom stereocenters. The van der Waals surface area contributed by atoms with Gasteiger partial charge in [0.2, 0.25) is 0 Å². The van der Waals surface area contributed by atoms with Gasteiger partial charge in [0.05, 0.1) is 6.10 Å². The Labute approximate surface area is 70.0 Å². The Morgan fingerprint density at radius 1 is 1.36 bits per heavy atom. The second kappa shape index (κ2) is 6.62. The third-order valence-electron chi connectivity index (χ3n) is 1.95. The molecule has 2 heteroatoms. The zero-order chi connectivity index (χ0) is 8.69. The summed E-state index contributed by atoms with van der Waals surface area (Å²) in [6.45, 7) is 7.05. The van der Waals surface area contributed by atoms with E-state index in [1.165, 1.54) is 6.42 Å². The van der Waals surface area contributed by atoms with E-state index in [0.29, 0.717) is 6.04 Å². The lowest BCUT2D eigenvalue weighted by Crippen LogP contribution is -2.35. The predicted molar refractivity (Wildman–Crippen MR) is 48.7 cm³/mol. The minimum atomic E-state index is -0.0788.